The Morgan fingerprint density at radius 3 is 2.41 bits per heavy atom. The third-order valence-corrected chi connectivity index (χ3v) is 5.53. The number of nitrogens with zero attached hydrogens (tertiary/aromatic N) is 3. The second-order valence-corrected chi connectivity index (χ2v) is 7.23. The normalized spacial score (nSPS) is 15.9. The fourth-order valence-corrected chi connectivity index (χ4v) is 3.66. The van der Waals surface area contributed by atoms with Crippen LogP contribution in [-0.2, 0) is 24.2 Å². The minimum atomic E-state index is -0.601. The van der Waals surface area contributed by atoms with Crippen LogP contribution < -0.4 is 16.6 Å². The Labute approximate surface area is 161 Å². The van der Waals surface area contributed by atoms with Crippen molar-refractivity contribution < 1.29 is 4.74 Å². The van der Waals surface area contributed by atoms with Gasteiger partial charge in [0.05, 0.1) is 0 Å². The van der Waals surface area contributed by atoms with Crippen molar-refractivity contribution in [2.24, 2.45) is 14.1 Å². The molecular weight excluding hydrogens is 368 g/mol. The molecule has 0 amide bonds. The van der Waals surface area contributed by atoms with Gasteiger partial charge < -0.3 is 10.1 Å². The maximum Gasteiger partial charge on any atom is 0.332 e. The zero-order chi connectivity index (χ0) is 19.6. The summed E-state index contributed by atoms with van der Waals surface area (Å²) in [7, 11) is 2.91. The molecule has 1 N–H and O–H groups in total. The van der Waals surface area contributed by atoms with Gasteiger partial charge in [0.2, 0.25) is 0 Å². The van der Waals surface area contributed by atoms with Gasteiger partial charge in [-0.2, -0.15) is 5.26 Å². The van der Waals surface area contributed by atoms with Crippen molar-refractivity contribution in [1.29, 1.82) is 5.26 Å². The molecule has 7 nitrogen and oxygen atoms in total. The lowest BCUT2D eigenvalue weighted by Crippen LogP contribution is -2.43. The average Bonchev–Trinajstić information content (AvgIpc) is 2.69. The summed E-state index contributed by atoms with van der Waals surface area (Å²) in [6, 6.07) is 9.60. The second kappa shape index (κ2) is 7.59. The molecule has 27 heavy (non-hydrogen) atoms. The third-order valence-electron chi connectivity index (χ3n) is 5.28. The Kier molecular flexibility index (Phi) is 5.40. The number of rotatable bonds is 4. The molecule has 0 saturated carbocycles. The Morgan fingerprint density at radius 2 is 1.81 bits per heavy atom. The summed E-state index contributed by atoms with van der Waals surface area (Å²) in [5, 5.41) is 13.3. The fraction of sp³-hybridized carbons (Fsp3) is 0.421. The Hall–Kier alpha value is -2.56. The molecule has 1 fully saturated rings. The number of benzene rings is 1. The molecule has 1 aromatic carbocycles. The van der Waals surface area contributed by atoms with Crippen molar-refractivity contribution in [2.75, 3.05) is 25.1 Å². The summed E-state index contributed by atoms with van der Waals surface area (Å²) in [5.74, 6) is 0.241. The smallest absolute Gasteiger partial charge is 0.332 e. The van der Waals surface area contributed by atoms with E-state index < -0.39 is 11.2 Å². The predicted octanol–water partition coefficient (Wildman–Crippen LogP) is 1.77. The van der Waals surface area contributed by atoms with Crippen LogP contribution in [-0.4, -0.2) is 28.9 Å². The van der Waals surface area contributed by atoms with Crippen molar-refractivity contribution >= 4 is 17.4 Å². The van der Waals surface area contributed by atoms with E-state index in [1.165, 1.54) is 11.6 Å². The molecule has 0 spiro atoms. The highest BCUT2D eigenvalue weighted by atomic mass is 35.5. The molecule has 1 saturated heterocycles. The Balaban J connectivity index is 2.00. The summed E-state index contributed by atoms with van der Waals surface area (Å²) in [5.41, 5.74) is -0.287. The maximum absolute atomic E-state index is 12.3. The van der Waals surface area contributed by atoms with E-state index in [-0.39, 0.29) is 16.8 Å². The predicted molar refractivity (Wildman–Crippen MR) is 103 cm³/mol. The van der Waals surface area contributed by atoms with Crippen molar-refractivity contribution in [3.63, 3.8) is 0 Å². The SMILES string of the molecule is Cn1c(NCC2(c3ccc(Cl)cc3)CCOCC2)c(C#N)c(=O)n(C)c1=O. The highest BCUT2D eigenvalue weighted by molar-refractivity contribution is 6.30. The quantitative estimate of drug-likeness (QED) is 0.862. The molecule has 1 aliphatic rings. The van der Waals surface area contributed by atoms with Gasteiger partial charge in [0.15, 0.2) is 5.56 Å². The molecule has 1 aromatic heterocycles. The van der Waals surface area contributed by atoms with Gasteiger partial charge in [-0.1, -0.05) is 23.7 Å². The molecule has 0 bridgehead atoms. The largest absolute Gasteiger partial charge is 0.381 e. The van der Waals surface area contributed by atoms with Gasteiger partial charge >= 0.3 is 5.69 Å². The molecule has 2 aromatic rings. The first kappa shape index (κ1) is 19.2. The lowest BCUT2D eigenvalue weighted by Gasteiger charge is -2.38. The Morgan fingerprint density at radius 1 is 1.19 bits per heavy atom. The summed E-state index contributed by atoms with van der Waals surface area (Å²) < 4.78 is 7.77. The van der Waals surface area contributed by atoms with Crippen molar-refractivity contribution in [1.82, 2.24) is 9.13 Å². The number of halogens is 1. The highest BCUT2D eigenvalue weighted by Crippen LogP contribution is 2.35. The summed E-state index contributed by atoms with van der Waals surface area (Å²) in [4.78, 5) is 24.5. The fourth-order valence-electron chi connectivity index (χ4n) is 3.54. The number of anilines is 1. The number of hydrogen-bond donors (Lipinski definition) is 1. The van der Waals surface area contributed by atoms with Crippen LogP contribution in [0.1, 0.15) is 24.0 Å². The molecule has 1 aliphatic heterocycles. The van der Waals surface area contributed by atoms with Crippen LogP contribution in [0.5, 0.6) is 0 Å². The lowest BCUT2D eigenvalue weighted by molar-refractivity contribution is 0.0543. The molecule has 0 unspecified atom stereocenters. The summed E-state index contributed by atoms with van der Waals surface area (Å²) >= 11 is 6.03. The van der Waals surface area contributed by atoms with E-state index in [1.807, 2.05) is 30.3 Å². The molecule has 142 valence electrons. The standard InChI is InChI=1S/C19H21ClN4O3/c1-23-16(15(11-21)17(25)24(2)18(23)26)22-12-19(7-9-27-10-8-19)13-3-5-14(20)6-4-13/h3-6,22H,7-10,12H2,1-2H3. The van der Waals surface area contributed by atoms with E-state index in [2.05, 4.69) is 5.32 Å². The molecular formula is C19H21ClN4O3. The van der Waals surface area contributed by atoms with E-state index in [1.54, 1.807) is 7.05 Å². The van der Waals surface area contributed by atoms with E-state index >= 15 is 0 Å². The topological polar surface area (TPSA) is 89.1 Å². The van der Waals surface area contributed by atoms with Crippen molar-refractivity contribution in [2.45, 2.75) is 18.3 Å². The van der Waals surface area contributed by atoms with Gasteiger partial charge in [0.25, 0.3) is 5.56 Å². The van der Waals surface area contributed by atoms with Gasteiger partial charge in [-0.05, 0) is 30.5 Å². The zero-order valence-electron chi connectivity index (χ0n) is 15.3. The van der Waals surface area contributed by atoms with Gasteiger partial charge in [0.1, 0.15) is 11.9 Å². The first-order chi connectivity index (χ1) is 12.9. The number of nitriles is 1. The molecule has 0 radical (unpaired) electrons. The van der Waals surface area contributed by atoms with Crippen molar-refractivity contribution in [3.05, 3.63) is 61.3 Å². The van der Waals surface area contributed by atoms with E-state index in [9.17, 15) is 14.9 Å². The molecule has 3 rings (SSSR count). The number of ether oxygens (including phenoxy) is 1. The minimum absolute atomic E-state index is 0.0714. The van der Waals surface area contributed by atoms with Crippen molar-refractivity contribution in [3.8, 4) is 6.07 Å². The van der Waals surface area contributed by atoms with E-state index in [0.717, 1.165) is 23.0 Å². The monoisotopic (exact) mass is 388 g/mol. The van der Waals surface area contributed by atoms with Crippen LogP contribution in [0.4, 0.5) is 5.82 Å². The van der Waals surface area contributed by atoms with Crippen LogP contribution in [0, 0.1) is 11.3 Å². The van der Waals surface area contributed by atoms with Crippen LogP contribution in [0.15, 0.2) is 33.9 Å². The third kappa shape index (κ3) is 3.51. The molecule has 2 heterocycles. The lowest BCUT2D eigenvalue weighted by atomic mass is 9.74. The first-order valence-corrected chi connectivity index (χ1v) is 9.05. The van der Waals surface area contributed by atoms with Gasteiger partial charge in [-0.25, -0.2) is 4.79 Å². The van der Waals surface area contributed by atoms with Gasteiger partial charge in [-0.15, -0.1) is 0 Å². The Bertz CT molecular complexity index is 996. The number of aromatic nitrogens is 2. The molecule has 0 aliphatic carbocycles. The first-order valence-electron chi connectivity index (χ1n) is 8.67. The van der Waals surface area contributed by atoms with E-state index in [0.29, 0.717) is 24.8 Å². The van der Waals surface area contributed by atoms with Crippen LogP contribution in [0.25, 0.3) is 0 Å². The van der Waals surface area contributed by atoms with Crippen LogP contribution >= 0.6 is 11.6 Å². The average molecular weight is 389 g/mol. The van der Waals surface area contributed by atoms with Gasteiger partial charge in [-0.3, -0.25) is 13.9 Å². The second-order valence-electron chi connectivity index (χ2n) is 6.79. The van der Waals surface area contributed by atoms with E-state index in [4.69, 9.17) is 16.3 Å². The minimum Gasteiger partial charge on any atom is -0.381 e. The number of nitrogens with one attached hydrogen (secondary N) is 1. The van der Waals surface area contributed by atoms with Crippen LogP contribution in [0.2, 0.25) is 5.02 Å². The van der Waals surface area contributed by atoms with Gasteiger partial charge in [0, 0.05) is 44.3 Å². The highest BCUT2D eigenvalue weighted by Gasteiger charge is 2.35. The molecule has 0 atom stereocenters. The number of hydrogen-bond acceptors (Lipinski definition) is 5. The van der Waals surface area contributed by atoms with Crippen LogP contribution in [0.3, 0.4) is 0 Å². The maximum atomic E-state index is 12.3. The zero-order valence-corrected chi connectivity index (χ0v) is 16.0. The molecule has 8 heteroatoms. The summed E-state index contributed by atoms with van der Waals surface area (Å²) in [6.07, 6.45) is 1.56. The summed E-state index contributed by atoms with van der Waals surface area (Å²) in [6.45, 7) is 1.70.